The van der Waals surface area contributed by atoms with Crippen LogP contribution in [0.1, 0.15) is 38.9 Å². The number of nitrogens with one attached hydrogen (secondary N) is 1. The topological polar surface area (TPSA) is 67.3 Å². The average Bonchev–Trinajstić information content (AvgIpc) is 2.47. The maximum absolute atomic E-state index is 10.2. The summed E-state index contributed by atoms with van der Waals surface area (Å²) in [5, 5.41) is 13.5. The summed E-state index contributed by atoms with van der Waals surface area (Å²) in [7, 11) is 0. The molecule has 2 aromatic rings. The third-order valence-corrected chi connectivity index (χ3v) is 3.12. The summed E-state index contributed by atoms with van der Waals surface area (Å²) in [6.07, 6.45) is 3.38. The van der Waals surface area contributed by atoms with Gasteiger partial charge in [-0.2, -0.15) is 4.98 Å². The van der Waals surface area contributed by atoms with E-state index < -0.39 is 6.10 Å². The smallest absolute Gasteiger partial charge is 0.234 e. The maximum atomic E-state index is 10.2. The van der Waals surface area contributed by atoms with E-state index >= 15 is 0 Å². The zero-order chi connectivity index (χ0) is 15.9. The van der Waals surface area contributed by atoms with Gasteiger partial charge >= 0.3 is 0 Å². The van der Waals surface area contributed by atoms with Crippen LogP contribution in [0.15, 0.2) is 42.7 Å². The van der Waals surface area contributed by atoms with Crippen molar-refractivity contribution in [2.75, 3.05) is 5.32 Å². The Kier molecular flexibility index (Phi) is 5.72. The first kappa shape index (κ1) is 16.2. The molecule has 0 saturated heterocycles. The summed E-state index contributed by atoms with van der Waals surface area (Å²) in [6, 6.07) is 9.69. The summed E-state index contributed by atoms with van der Waals surface area (Å²) in [5.41, 5.74) is 0.916. The van der Waals surface area contributed by atoms with Gasteiger partial charge in [0.2, 0.25) is 5.88 Å². The molecule has 2 atom stereocenters. The Hall–Kier alpha value is -2.14. The molecule has 1 aromatic carbocycles. The molecule has 5 heteroatoms. The lowest BCUT2D eigenvalue weighted by Crippen LogP contribution is -2.20. The quantitative estimate of drug-likeness (QED) is 0.822. The number of hydrogen-bond acceptors (Lipinski definition) is 5. The number of aliphatic hydroxyl groups is 1. The molecule has 5 nitrogen and oxygen atoms in total. The minimum Gasteiger partial charge on any atom is -0.474 e. The van der Waals surface area contributed by atoms with Gasteiger partial charge in [0, 0.05) is 6.04 Å². The van der Waals surface area contributed by atoms with Crippen LogP contribution in [0.25, 0.3) is 0 Å². The first-order valence-electron chi connectivity index (χ1n) is 7.53. The predicted molar refractivity (Wildman–Crippen MR) is 86.9 cm³/mol. The van der Waals surface area contributed by atoms with Crippen LogP contribution in [0.5, 0.6) is 5.88 Å². The number of aromatic nitrogens is 2. The number of aliphatic hydroxyl groups excluding tert-OH is 1. The minimum atomic E-state index is -0.508. The Balaban J connectivity index is 1.93. The van der Waals surface area contributed by atoms with Crippen LogP contribution in [0.4, 0.5) is 5.82 Å². The highest BCUT2D eigenvalue weighted by Crippen LogP contribution is 2.20. The number of benzene rings is 1. The predicted octanol–water partition coefficient (Wildman–Crippen LogP) is 3.19. The summed E-state index contributed by atoms with van der Waals surface area (Å²) in [6.45, 7) is 5.89. The van der Waals surface area contributed by atoms with Gasteiger partial charge in [0.05, 0.1) is 24.6 Å². The molecule has 2 unspecified atom stereocenters. The van der Waals surface area contributed by atoms with Crippen molar-refractivity contribution < 1.29 is 9.84 Å². The van der Waals surface area contributed by atoms with E-state index in [2.05, 4.69) is 15.3 Å². The van der Waals surface area contributed by atoms with Crippen LogP contribution in [-0.4, -0.2) is 27.2 Å². The highest BCUT2D eigenvalue weighted by molar-refractivity contribution is 5.34. The maximum Gasteiger partial charge on any atom is 0.234 e. The molecule has 0 aliphatic heterocycles. The second-order valence-electron chi connectivity index (χ2n) is 5.62. The lowest BCUT2D eigenvalue weighted by atomic mass is 10.0. The Morgan fingerprint density at radius 2 is 1.86 bits per heavy atom. The summed E-state index contributed by atoms with van der Waals surface area (Å²) in [4.78, 5) is 8.47. The van der Waals surface area contributed by atoms with E-state index in [1.807, 2.05) is 51.1 Å². The van der Waals surface area contributed by atoms with Crippen molar-refractivity contribution >= 4 is 5.82 Å². The van der Waals surface area contributed by atoms with Crippen LogP contribution >= 0.6 is 0 Å². The molecule has 1 heterocycles. The van der Waals surface area contributed by atoms with Gasteiger partial charge in [-0.25, -0.2) is 0 Å². The van der Waals surface area contributed by atoms with Crippen LogP contribution in [0, 0.1) is 0 Å². The molecule has 2 rings (SSSR count). The van der Waals surface area contributed by atoms with Crippen LogP contribution in [0.2, 0.25) is 0 Å². The van der Waals surface area contributed by atoms with Gasteiger partial charge in [0.1, 0.15) is 5.82 Å². The van der Waals surface area contributed by atoms with Crippen molar-refractivity contribution in [3.05, 3.63) is 48.3 Å². The molecule has 0 aliphatic rings. The minimum absolute atomic E-state index is 0.0545. The zero-order valence-electron chi connectivity index (χ0n) is 13.2. The highest BCUT2D eigenvalue weighted by Gasteiger charge is 2.13. The van der Waals surface area contributed by atoms with Gasteiger partial charge in [-0.1, -0.05) is 30.3 Å². The lowest BCUT2D eigenvalue weighted by Gasteiger charge is -2.19. The van der Waals surface area contributed by atoms with Crippen molar-refractivity contribution in [3.63, 3.8) is 0 Å². The molecule has 0 saturated carbocycles. The lowest BCUT2D eigenvalue weighted by molar-refractivity contribution is 0.162. The van der Waals surface area contributed by atoms with Gasteiger partial charge in [0.25, 0.3) is 0 Å². The molecule has 0 amide bonds. The first-order chi connectivity index (χ1) is 10.5. The fourth-order valence-corrected chi connectivity index (χ4v) is 2.17. The molecular weight excluding hydrogens is 278 g/mol. The van der Waals surface area contributed by atoms with E-state index in [0.717, 1.165) is 5.56 Å². The summed E-state index contributed by atoms with van der Waals surface area (Å²) < 4.78 is 5.52. The van der Waals surface area contributed by atoms with Gasteiger partial charge < -0.3 is 15.2 Å². The second kappa shape index (κ2) is 7.75. The highest BCUT2D eigenvalue weighted by atomic mass is 16.5. The molecule has 0 spiro atoms. The number of anilines is 1. The fraction of sp³-hybridized carbons (Fsp3) is 0.412. The molecule has 22 heavy (non-hydrogen) atoms. The molecular formula is C17H23N3O2. The van der Waals surface area contributed by atoms with Crippen LogP contribution in [-0.2, 0) is 0 Å². The van der Waals surface area contributed by atoms with Gasteiger partial charge in [-0.3, -0.25) is 4.98 Å². The van der Waals surface area contributed by atoms with E-state index in [0.29, 0.717) is 18.1 Å². The van der Waals surface area contributed by atoms with Gasteiger partial charge in [0.15, 0.2) is 0 Å². The van der Waals surface area contributed by atoms with Gasteiger partial charge in [-0.05, 0) is 32.8 Å². The molecule has 0 aliphatic carbocycles. The van der Waals surface area contributed by atoms with Gasteiger partial charge in [-0.15, -0.1) is 0 Å². The Morgan fingerprint density at radius 3 is 2.55 bits per heavy atom. The van der Waals surface area contributed by atoms with Crippen molar-refractivity contribution in [1.82, 2.24) is 9.97 Å². The fourth-order valence-electron chi connectivity index (χ4n) is 2.17. The van der Waals surface area contributed by atoms with Crippen LogP contribution < -0.4 is 10.1 Å². The van der Waals surface area contributed by atoms with Crippen molar-refractivity contribution in [1.29, 1.82) is 0 Å². The van der Waals surface area contributed by atoms with Crippen molar-refractivity contribution in [2.24, 2.45) is 0 Å². The standard InChI is InChI=1S/C17H23N3O2/c1-12(2)22-17-11-18-10-16(20-17)19-13(3)9-15(21)14-7-5-4-6-8-14/h4-8,10-13,15,21H,9H2,1-3H3,(H,19,20). The Morgan fingerprint density at radius 1 is 1.14 bits per heavy atom. The monoisotopic (exact) mass is 301 g/mol. The zero-order valence-corrected chi connectivity index (χ0v) is 13.2. The number of ether oxygens (including phenoxy) is 1. The van der Waals surface area contributed by atoms with E-state index in [1.54, 1.807) is 12.4 Å². The molecule has 1 aromatic heterocycles. The molecule has 0 fully saturated rings. The van der Waals surface area contributed by atoms with E-state index in [-0.39, 0.29) is 12.1 Å². The summed E-state index contributed by atoms with van der Waals surface area (Å²) in [5.74, 6) is 1.14. The second-order valence-corrected chi connectivity index (χ2v) is 5.62. The third kappa shape index (κ3) is 5.00. The molecule has 0 bridgehead atoms. The number of rotatable bonds is 7. The molecule has 2 N–H and O–H groups in total. The van der Waals surface area contributed by atoms with E-state index in [1.165, 1.54) is 0 Å². The third-order valence-electron chi connectivity index (χ3n) is 3.12. The largest absolute Gasteiger partial charge is 0.474 e. The molecule has 0 radical (unpaired) electrons. The number of hydrogen-bond donors (Lipinski definition) is 2. The van der Waals surface area contributed by atoms with E-state index in [9.17, 15) is 5.11 Å². The van der Waals surface area contributed by atoms with Crippen molar-refractivity contribution in [3.8, 4) is 5.88 Å². The normalized spacial score (nSPS) is 13.7. The Bertz CT molecular complexity index is 575. The average molecular weight is 301 g/mol. The first-order valence-corrected chi connectivity index (χ1v) is 7.53. The van der Waals surface area contributed by atoms with Crippen LogP contribution in [0.3, 0.4) is 0 Å². The number of nitrogens with zero attached hydrogens (tertiary/aromatic N) is 2. The Labute approximate surface area is 131 Å². The molecule has 118 valence electrons. The van der Waals surface area contributed by atoms with Crippen molar-refractivity contribution in [2.45, 2.75) is 45.4 Å². The summed E-state index contributed by atoms with van der Waals surface area (Å²) >= 11 is 0. The SMILES string of the molecule is CC(CC(O)c1ccccc1)Nc1cncc(OC(C)C)n1. The van der Waals surface area contributed by atoms with E-state index in [4.69, 9.17) is 4.74 Å².